The van der Waals surface area contributed by atoms with Gasteiger partial charge in [0.1, 0.15) is 11.5 Å². The third-order valence-corrected chi connectivity index (χ3v) is 3.54. The van der Waals surface area contributed by atoms with Gasteiger partial charge in [0.25, 0.3) is 0 Å². The minimum absolute atomic E-state index is 0.120. The molecule has 0 radical (unpaired) electrons. The van der Waals surface area contributed by atoms with Crippen LogP contribution in [0.5, 0.6) is 5.75 Å². The number of ether oxygens (including phenoxy) is 1. The molecule has 0 aliphatic rings. The maximum absolute atomic E-state index is 11.1. The van der Waals surface area contributed by atoms with Crippen LogP contribution in [0.3, 0.4) is 0 Å². The van der Waals surface area contributed by atoms with E-state index in [4.69, 9.17) is 19.4 Å². The second-order valence-corrected chi connectivity index (χ2v) is 6.18. The number of benzene rings is 1. The van der Waals surface area contributed by atoms with Gasteiger partial charge < -0.3 is 19.4 Å². The highest BCUT2D eigenvalue weighted by molar-refractivity contribution is 5.76. The van der Waals surface area contributed by atoms with Crippen LogP contribution < -0.4 is 4.74 Å². The number of hydrogen-bond donors (Lipinski definition) is 2. The second kappa shape index (κ2) is 7.85. The third-order valence-electron chi connectivity index (χ3n) is 3.54. The molecule has 1 heterocycles. The van der Waals surface area contributed by atoms with Gasteiger partial charge >= 0.3 is 11.9 Å². The fourth-order valence-electron chi connectivity index (χ4n) is 2.24. The minimum atomic E-state index is -1.32. The quantitative estimate of drug-likeness (QED) is 0.719. The van der Waals surface area contributed by atoms with Crippen LogP contribution in [0.4, 0.5) is 0 Å². The molecule has 2 rings (SSSR count). The van der Waals surface area contributed by atoms with E-state index in [1.807, 2.05) is 0 Å². The zero-order valence-corrected chi connectivity index (χ0v) is 14.1. The third kappa shape index (κ3) is 5.65. The number of carboxylic acid groups (broad SMARTS) is 2. The molecule has 134 valence electrons. The first-order valence-electron chi connectivity index (χ1n) is 7.74. The molecule has 7 nitrogen and oxygen atoms in total. The van der Waals surface area contributed by atoms with Gasteiger partial charge in [0, 0.05) is 6.54 Å². The Bertz CT molecular complexity index is 706. The van der Waals surface area contributed by atoms with Crippen LogP contribution in [0.2, 0.25) is 0 Å². The fourth-order valence-corrected chi connectivity index (χ4v) is 2.24. The number of nitrogens with zero attached hydrogens (tertiary/aromatic N) is 1. The van der Waals surface area contributed by atoms with Gasteiger partial charge in [-0.1, -0.05) is 12.1 Å². The predicted molar refractivity (Wildman–Crippen MR) is 89.2 cm³/mol. The van der Waals surface area contributed by atoms with Crippen LogP contribution in [0.15, 0.2) is 47.1 Å². The summed E-state index contributed by atoms with van der Waals surface area (Å²) in [6.07, 6.45) is 1.55. The Morgan fingerprint density at radius 1 is 1.12 bits per heavy atom. The predicted octanol–water partition coefficient (Wildman–Crippen LogP) is 2.61. The maximum Gasteiger partial charge on any atom is 0.347 e. The van der Waals surface area contributed by atoms with E-state index in [1.54, 1.807) is 47.6 Å². The molecule has 1 aromatic carbocycles. The molecule has 0 aliphatic carbocycles. The highest BCUT2D eigenvalue weighted by Crippen LogP contribution is 2.20. The molecule has 1 aromatic heterocycles. The highest BCUT2D eigenvalue weighted by atomic mass is 16.5. The van der Waals surface area contributed by atoms with Crippen LogP contribution in [0.25, 0.3) is 0 Å². The maximum atomic E-state index is 11.1. The highest BCUT2D eigenvalue weighted by Gasteiger charge is 2.29. The Labute approximate surface area is 145 Å². The van der Waals surface area contributed by atoms with Crippen molar-refractivity contribution in [3.63, 3.8) is 0 Å². The van der Waals surface area contributed by atoms with Crippen molar-refractivity contribution in [3.8, 4) is 5.75 Å². The number of furan rings is 1. The molecule has 25 heavy (non-hydrogen) atoms. The summed E-state index contributed by atoms with van der Waals surface area (Å²) in [5.74, 6) is -0.853. The summed E-state index contributed by atoms with van der Waals surface area (Å²) in [7, 11) is 0. The van der Waals surface area contributed by atoms with Gasteiger partial charge in [-0.05, 0) is 43.7 Å². The van der Waals surface area contributed by atoms with Gasteiger partial charge in [0.05, 0.1) is 19.4 Å². The molecule has 2 N–H and O–H groups in total. The van der Waals surface area contributed by atoms with Crippen molar-refractivity contribution in [3.05, 3.63) is 54.0 Å². The van der Waals surface area contributed by atoms with E-state index in [-0.39, 0.29) is 6.54 Å². The van der Waals surface area contributed by atoms with E-state index < -0.39 is 17.5 Å². The fraction of sp³-hybridized carbons (Fsp3) is 0.333. The van der Waals surface area contributed by atoms with Crippen molar-refractivity contribution in [1.82, 2.24) is 4.90 Å². The molecule has 0 bridgehead atoms. The Kier molecular flexibility index (Phi) is 5.82. The first-order valence-corrected chi connectivity index (χ1v) is 7.74. The molecule has 0 saturated heterocycles. The smallest absolute Gasteiger partial charge is 0.347 e. The number of carboxylic acids is 2. The van der Waals surface area contributed by atoms with Crippen molar-refractivity contribution >= 4 is 11.9 Å². The standard InChI is InChI=1S/C18H21NO6/c1-18(2,17(22)23)25-14-7-5-13(6-8-14)10-19(12-16(20)21)11-15-4-3-9-24-15/h3-9H,10-12H2,1-2H3,(H,20,21)(H,22,23). The summed E-state index contributed by atoms with van der Waals surface area (Å²) in [6, 6.07) is 10.5. The zero-order chi connectivity index (χ0) is 18.4. The molecule has 0 amide bonds. The van der Waals surface area contributed by atoms with Crippen molar-refractivity contribution < 1.29 is 29.0 Å². The first kappa shape index (κ1) is 18.5. The molecule has 0 unspecified atom stereocenters. The summed E-state index contributed by atoms with van der Waals surface area (Å²) >= 11 is 0. The lowest BCUT2D eigenvalue weighted by atomic mass is 10.1. The number of carbonyl (C=O) groups is 2. The summed E-state index contributed by atoms with van der Waals surface area (Å²) in [4.78, 5) is 23.9. The number of rotatable bonds is 9. The monoisotopic (exact) mass is 347 g/mol. The lowest BCUT2D eigenvalue weighted by Crippen LogP contribution is -2.37. The first-order chi connectivity index (χ1) is 11.8. The molecule has 0 saturated carbocycles. The number of hydrogen-bond acceptors (Lipinski definition) is 5. The van der Waals surface area contributed by atoms with E-state index in [1.165, 1.54) is 13.8 Å². The minimum Gasteiger partial charge on any atom is -0.480 e. The van der Waals surface area contributed by atoms with E-state index in [9.17, 15) is 9.59 Å². The van der Waals surface area contributed by atoms with Crippen LogP contribution >= 0.6 is 0 Å². The van der Waals surface area contributed by atoms with E-state index in [0.717, 1.165) is 5.56 Å². The lowest BCUT2D eigenvalue weighted by Gasteiger charge is -2.22. The van der Waals surface area contributed by atoms with Gasteiger partial charge in [0.15, 0.2) is 5.60 Å². The molecular formula is C18H21NO6. The van der Waals surface area contributed by atoms with Gasteiger partial charge in [0.2, 0.25) is 0 Å². The average Bonchev–Trinajstić information content (AvgIpc) is 3.01. The molecule has 0 aliphatic heterocycles. The molecule has 7 heteroatoms. The zero-order valence-electron chi connectivity index (χ0n) is 14.1. The van der Waals surface area contributed by atoms with Crippen molar-refractivity contribution in [1.29, 1.82) is 0 Å². The van der Waals surface area contributed by atoms with E-state index >= 15 is 0 Å². The Morgan fingerprint density at radius 3 is 2.32 bits per heavy atom. The van der Waals surface area contributed by atoms with Gasteiger partial charge in [-0.25, -0.2) is 4.79 Å². The Balaban J connectivity index is 2.03. The van der Waals surface area contributed by atoms with Crippen LogP contribution in [0.1, 0.15) is 25.2 Å². The van der Waals surface area contributed by atoms with Gasteiger partial charge in [-0.3, -0.25) is 9.69 Å². The van der Waals surface area contributed by atoms with Crippen LogP contribution in [-0.4, -0.2) is 39.2 Å². The largest absolute Gasteiger partial charge is 0.480 e. The van der Waals surface area contributed by atoms with E-state index in [0.29, 0.717) is 24.6 Å². The van der Waals surface area contributed by atoms with Crippen molar-refractivity contribution in [2.24, 2.45) is 0 Å². The molecular weight excluding hydrogens is 326 g/mol. The second-order valence-electron chi connectivity index (χ2n) is 6.18. The van der Waals surface area contributed by atoms with E-state index in [2.05, 4.69) is 0 Å². The van der Waals surface area contributed by atoms with Crippen LogP contribution in [-0.2, 0) is 22.7 Å². The molecule has 0 atom stereocenters. The summed E-state index contributed by atoms with van der Waals surface area (Å²) in [6.45, 7) is 3.62. The lowest BCUT2D eigenvalue weighted by molar-refractivity contribution is -0.152. The topological polar surface area (TPSA) is 100 Å². The normalized spacial score (nSPS) is 11.5. The van der Waals surface area contributed by atoms with Gasteiger partial charge in [-0.15, -0.1) is 0 Å². The molecule has 0 fully saturated rings. The summed E-state index contributed by atoms with van der Waals surface area (Å²) in [5.41, 5.74) is -0.441. The SMILES string of the molecule is CC(C)(Oc1ccc(CN(CC(=O)O)Cc2ccco2)cc1)C(=O)O. The van der Waals surface area contributed by atoms with Gasteiger partial charge in [-0.2, -0.15) is 0 Å². The molecule has 0 spiro atoms. The molecule has 2 aromatic rings. The van der Waals surface area contributed by atoms with Crippen molar-refractivity contribution in [2.45, 2.75) is 32.5 Å². The van der Waals surface area contributed by atoms with Crippen LogP contribution in [0, 0.1) is 0 Å². The number of aliphatic carboxylic acids is 2. The Hall–Kier alpha value is -2.80. The summed E-state index contributed by atoms with van der Waals surface area (Å²) in [5, 5.41) is 18.2. The van der Waals surface area contributed by atoms with Crippen molar-refractivity contribution in [2.75, 3.05) is 6.54 Å². The average molecular weight is 347 g/mol. The Morgan fingerprint density at radius 2 is 1.80 bits per heavy atom. The summed E-state index contributed by atoms with van der Waals surface area (Å²) < 4.78 is 10.7.